The number of aromatic nitrogens is 1. The van der Waals surface area contributed by atoms with E-state index in [-0.39, 0.29) is 5.91 Å². The largest absolute Gasteiger partial charge is 0.355 e. The predicted molar refractivity (Wildman–Crippen MR) is 122 cm³/mol. The van der Waals surface area contributed by atoms with E-state index >= 15 is 0 Å². The first kappa shape index (κ1) is 19.3. The second-order valence-corrected chi connectivity index (χ2v) is 8.21. The van der Waals surface area contributed by atoms with Gasteiger partial charge in [0.05, 0.1) is 12.1 Å². The fourth-order valence-corrected chi connectivity index (χ4v) is 4.43. The average molecular weight is 401 g/mol. The highest BCUT2D eigenvalue weighted by Crippen LogP contribution is 2.37. The van der Waals surface area contributed by atoms with Gasteiger partial charge in [0.1, 0.15) is 0 Å². The molecule has 0 atom stereocenters. The Hall–Kier alpha value is -2.98. The first-order valence-corrected chi connectivity index (χ1v) is 10.8. The van der Waals surface area contributed by atoms with E-state index < -0.39 is 0 Å². The van der Waals surface area contributed by atoms with E-state index in [0.29, 0.717) is 13.0 Å². The molecule has 4 aromatic rings. The van der Waals surface area contributed by atoms with Crippen LogP contribution in [-0.2, 0) is 11.2 Å². The van der Waals surface area contributed by atoms with Crippen LogP contribution < -0.4 is 5.32 Å². The topological polar surface area (TPSA) is 44.9 Å². The molecule has 0 spiro atoms. The summed E-state index contributed by atoms with van der Waals surface area (Å²) in [5.74, 6) is 0.885. The summed E-state index contributed by atoms with van der Waals surface area (Å²) < 4.78 is 0. The minimum Gasteiger partial charge on any atom is -0.355 e. The van der Waals surface area contributed by atoms with E-state index in [0.717, 1.165) is 22.5 Å². The third kappa shape index (κ3) is 4.72. The van der Waals surface area contributed by atoms with Gasteiger partial charge in [-0.3, -0.25) is 4.79 Å². The van der Waals surface area contributed by atoms with Gasteiger partial charge in [0, 0.05) is 28.1 Å². The molecule has 3 aromatic carbocycles. The lowest BCUT2D eigenvalue weighted by Crippen LogP contribution is -2.27. The van der Waals surface area contributed by atoms with Gasteiger partial charge in [-0.15, -0.1) is 11.8 Å². The number of carbonyl (C=O) groups is 1. The van der Waals surface area contributed by atoms with E-state index in [4.69, 9.17) is 0 Å². The third-order valence-electron chi connectivity index (χ3n) is 4.88. The Kier molecular flexibility index (Phi) is 6.01. The second kappa shape index (κ2) is 9.01. The number of H-pyrrole nitrogens is 1. The Morgan fingerprint density at radius 2 is 1.66 bits per heavy atom. The fourth-order valence-electron chi connectivity index (χ4n) is 3.38. The number of hydrogen-bond donors (Lipinski definition) is 2. The Bertz CT molecular complexity index is 1100. The van der Waals surface area contributed by atoms with Gasteiger partial charge in [-0.25, -0.2) is 0 Å². The summed E-state index contributed by atoms with van der Waals surface area (Å²) in [6, 6.07) is 26.8. The van der Waals surface area contributed by atoms with Crippen molar-refractivity contribution in [2.75, 3.05) is 12.3 Å². The molecule has 0 aliphatic carbocycles. The molecule has 146 valence electrons. The Labute approximate surface area is 175 Å². The van der Waals surface area contributed by atoms with Crippen molar-refractivity contribution >= 4 is 28.6 Å². The number of fused-ring (bicyclic) bond motifs is 1. The lowest BCUT2D eigenvalue weighted by Gasteiger charge is -2.08. The molecule has 0 unspecified atom stereocenters. The number of rotatable bonds is 7. The number of nitrogens with one attached hydrogen (secondary N) is 2. The molecule has 0 bridgehead atoms. The van der Waals surface area contributed by atoms with E-state index in [1.807, 2.05) is 30.3 Å². The highest BCUT2D eigenvalue weighted by molar-refractivity contribution is 7.99. The molecule has 1 amide bonds. The Morgan fingerprint density at radius 3 is 2.45 bits per heavy atom. The highest BCUT2D eigenvalue weighted by Gasteiger charge is 2.13. The first-order chi connectivity index (χ1) is 14.2. The van der Waals surface area contributed by atoms with Gasteiger partial charge in [-0.2, -0.15) is 0 Å². The lowest BCUT2D eigenvalue weighted by molar-refractivity contribution is -0.120. The number of amides is 1. The lowest BCUT2D eigenvalue weighted by atomic mass is 10.1. The van der Waals surface area contributed by atoms with Crippen molar-refractivity contribution in [1.82, 2.24) is 10.3 Å². The normalized spacial score (nSPS) is 10.9. The number of carbonyl (C=O) groups excluding carboxylic acids is 1. The number of aryl methyl sites for hydroxylation is 1. The van der Waals surface area contributed by atoms with Crippen molar-refractivity contribution < 1.29 is 4.79 Å². The molecule has 0 radical (unpaired) electrons. The van der Waals surface area contributed by atoms with Gasteiger partial charge < -0.3 is 10.3 Å². The summed E-state index contributed by atoms with van der Waals surface area (Å²) in [7, 11) is 0. The minimum absolute atomic E-state index is 0.0643. The summed E-state index contributed by atoms with van der Waals surface area (Å²) in [5.41, 5.74) is 5.75. The van der Waals surface area contributed by atoms with Crippen LogP contribution in [0.5, 0.6) is 0 Å². The Morgan fingerprint density at radius 1 is 0.931 bits per heavy atom. The van der Waals surface area contributed by atoms with Crippen molar-refractivity contribution in [3.8, 4) is 11.3 Å². The van der Waals surface area contributed by atoms with Crippen LogP contribution in [0.4, 0.5) is 0 Å². The summed E-state index contributed by atoms with van der Waals surface area (Å²) in [6.07, 6.45) is 0.424. The van der Waals surface area contributed by atoms with Crippen LogP contribution in [0.3, 0.4) is 0 Å². The molecule has 0 aliphatic heterocycles. The van der Waals surface area contributed by atoms with Crippen LogP contribution >= 0.6 is 11.8 Å². The minimum atomic E-state index is 0.0643. The molecule has 0 fully saturated rings. The summed E-state index contributed by atoms with van der Waals surface area (Å²) >= 11 is 1.78. The molecule has 4 heteroatoms. The standard InChI is InChI=1S/C25H24N2OS/c1-18-11-13-20(14-12-18)24-25(21-9-5-6-10-22(21)27-24)29-16-15-26-23(28)17-19-7-3-2-4-8-19/h2-14,27H,15-17H2,1H3,(H,26,28). The number of aromatic amines is 1. The fraction of sp³-hybridized carbons (Fsp3) is 0.160. The van der Waals surface area contributed by atoms with E-state index in [9.17, 15) is 4.79 Å². The summed E-state index contributed by atoms with van der Waals surface area (Å²) in [6.45, 7) is 2.74. The molecule has 4 rings (SSSR count). The molecule has 0 saturated heterocycles. The van der Waals surface area contributed by atoms with Crippen molar-refractivity contribution in [1.29, 1.82) is 0 Å². The molecule has 3 nitrogen and oxygen atoms in total. The van der Waals surface area contributed by atoms with E-state index in [2.05, 4.69) is 65.8 Å². The van der Waals surface area contributed by atoms with Gasteiger partial charge in [-0.1, -0.05) is 78.4 Å². The maximum atomic E-state index is 12.2. The van der Waals surface area contributed by atoms with Crippen LogP contribution in [0.1, 0.15) is 11.1 Å². The smallest absolute Gasteiger partial charge is 0.224 e. The van der Waals surface area contributed by atoms with Gasteiger partial charge in [0.2, 0.25) is 5.91 Å². The van der Waals surface area contributed by atoms with Crippen molar-refractivity contribution in [3.63, 3.8) is 0 Å². The van der Waals surface area contributed by atoms with Crippen molar-refractivity contribution in [2.24, 2.45) is 0 Å². The molecular weight excluding hydrogens is 376 g/mol. The van der Waals surface area contributed by atoms with Crippen molar-refractivity contribution in [3.05, 3.63) is 90.0 Å². The average Bonchev–Trinajstić information content (AvgIpc) is 3.11. The molecule has 1 heterocycles. The van der Waals surface area contributed by atoms with Gasteiger partial charge in [0.15, 0.2) is 0 Å². The van der Waals surface area contributed by atoms with Crippen LogP contribution in [0, 0.1) is 6.92 Å². The van der Waals surface area contributed by atoms with Crippen LogP contribution in [-0.4, -0.2) is 23.2 Å². The second-order valence-electron chi connectivity index (χ2n) is 7.10. The van der Waals surface area contributed by atoms with Crippen LogP contribution in [0.15, 0.2) is 83.8 Å². The van der Waals surface area contributed by atoms with Gasteiger partial charge in [-0.05, 0) is 24.1 Å². The van der Waals surface area contributed by atoms with E-state index in [1.165, 1.54) is 21.4 Å². The summed E-state index contributed by atoms with van der Waals surface area (Å²) in [5, 5.41) is 4.26. The zero-order valence-corrected chi connectivity index (χ0v) is 17.3. The number of hydrogen-bond acceptors (Lipinski definition) is 2. The molecular formula is C25H24N2OS. The third-order valence-corrected chi connectivity index (χ3v) is 6.00. The predicted octanol–water partition coefficient (Wildman–Crippen LogP) is 5.59. The van der Waals surface area contributed by atoms with E-state index in [1.54, 1.807) is 11.8 Å². The number of benzene rings is 3. The maximum absolute atomic E-state index is 12.2. The molecule has 0 saturated carbocycles. The van der Waals surface area contributed by atoms with Crippen molar-refractivity contribution in [2.45, 2.75) is 18.2 Å². The number of para-hydroxylation sites is 1. The Balaban J connectivity index is 1.44. The highest BCUT2D eigenvalue weighted by atomic mass is 32.2. The monoisotopic (exact) mass is 400 g/mol. The summed E-state index contributed by atoms with van der Waals surface area (Å²) in [4.78, 5) is 17.0. The SMILES string of the molecule is Cc1ccc(-c2[nH]c3ccccc3c2SCCNC(=O)Cc2ccccc2)cc1. The molecule has 29 heavy (non-hydrogen) atoms. The molecule has 0 aliphatic rings. The zero-order valence-electron chi connectivity index (χ0n) is 16.4. The number of thioether (sulfide) groups is 1. The quantitative estimate of drug-likeness (QED) is 0.313. The van der Waals surface area contributed by atoms with Crippen LogP contribution in [0.25, 0.3) is 22.2 Å². The van der Waals surface area contributed by atoms with Crippen LogP contribution in [0.2, 0.25) is 0 Å². The zero-order chi connectivity index (χ0) is 20.1. The molecule has 1 aromatic heterocycles. The van der Waals surface area contributed by atoms with Gasteiger partial charge >= 0.3 is 0 Å². The maximum Gasteiger partial charge on any atom is 0.224 e. The first-order valence-electron chi connectivity index (χ1n) is 9.82. The van der Waals surface area contributed by atoms with Gasteiger partial charge in [0.25, 0.3) is 0 Å². The molecule has 2 N–H and O–H groups in total.